The lowest BCUT2D eigenvalue weighted by Gasteiger charge is -2.33. The van der Waals surface area contributed by atoms with E-state index in [1.54, 1.807) is 18.7 Å². The Kier molecular flexibility index (Phi) is 6.98. The predicted octanol–water partition coefficient (Wildman–Crippen LogP) is 2.89. The number of rotatable bonds is 7. The second kappa shape index (κ2) is 10.6. The number of thioether (sulfide) groups is 1. The van der Waals surface area contributed by atoms with E-state index in [0.717, 1.165) is 11.3 Å². The van der Waals surface area contributed by atoms with Crippen molar-refractivity contribution >= 4 is 27.7 Å². The van der Waals surface area contributed by atoms with Gasteiger partial charge in [-0.3, -0.25) is 9.36 Å². The van der Waals surface area contributed by atoms with Crippen molar-refractivity contribution in [1.29, 1.82) is 0 Å². The third-order valence-electron chi connectivity index (χ3n) is 6.76. The van der Waals surface area contributed by atoms with E-state index in [1.165, 1.54) is 16.1 Å². The van der Waals surface area contributed by atoms with Crippen LogP contribution in [-0.2, 0) is 14.8 Å². The number of sulfonamides is 1. The van der Waals surface area contributed by atoms with Crippen molar-refractivity contribution in [3.8, 4) is 28.6 Å². The summed E-state index contributed by atoms with van der Waals surface area (Å²) in [6, 6.07) is 15.3. The molecule has 0 saturated carbocycles. The lowest BCUT2D eigenvalue weighted by molar-refractivity contribution is -0.129. The number of hydrogen-bond donors (Lipinski definition) is 0. The van der Waals surface area contributed by atoms with Crippen LogP contribution in [0.1, 0.15) is 11.5 Å². The fourth-order valence-corrected chi connectivity index (χ4v) is 7.33. The second-order valence-electron chi connectivity index (χ2n) is 9.27. The predicted molar refractivity (Wildman–Crippen MR) is 145 cm³/mol. The molecular formula is C26H26N6O6S2. The van der Waals surface area contributed by atoms with E-state index in [9.17, 15) is 13.2 Å². The molecule has 12 nitrogen and oxygen atoms in total. The number of aryl methyl sites for hydroxylation is 2. The van der Waals surface area contributed by atoms with Gasteiger partial charge in [-0.2, -0.15) is 4.31 Å². The molecule has 1 amide bonds. The van der Waals surface area contributed by atoms with Crippen LogP contribution in [0.2, 0.25) is 0 Å². The fraction of sp³-hybridized carbons (Fsp3) is 0.308. The Labute approximate surface area is 234 Å². The second-order valence-corrected chi connectivity index (χ2v) is 12.1. The molecule has 2 aliphatic rings. The summed E-state index contributed by atoms with van der Waals surface area (Å²) in [7, 11) is -3.75. The number of piperazine rings is 1. The Morgan fingerprint density at radius 1 is 0.975 bits per heavy atom. The van der Waals surface area contributed by atoms with Gasteiger partial charge in [-0.25, -0.2) is 8.42 Å². The Morgan fingerprint density at radius 3 is 2.45 bits per heavy atom. The third kappa shape index (κ3) is 4.82. The van der Waals surface area contributed by atoms with Gasteiger partial charge in [0.25, 0.3) is 0 Å². The van der Waals surface area contributed by atoms with Crippen LogP contribution in [0.5, 0.6) is 11.5 Å². The van der Waals surface area contributed by atoms with Crippen LogP contribution in [0.25, 0.3) is 17.1 Å². The number of aromatic nitrogens is 4. The van der Waals surface area contributed by atoms with Crippen LogP contribution >= 0.6 is 11.8 Å². The first-order chi connectivity index (χ1) is 19.3. The summed E-state index contributed by atoms with van der Waals surface area (Å²) in [6.45, 7) is 4.32. The smallest absolute Gasteiger partial charge is 0.248 e. The highest BCUT2D eigenvalue weighted by Gasteiger charge is 2.34. The van der Waals surface area contributed by atoms with Gasteiger partial charge >= 0.3 is 0 Å². The molecule has 0 N–H and O–H groups in total. The largest absolute Gasteiger partial charge is 0.454 e. The average Bonchev–Trinajstić information content (AvgIpc) is 3.70. The van der Waals surface area contributed by atoms with Crippen LogP contribution < -0.4 is 9.47 Å². The summed E-state index contributed by atoms with van der Waals surface area (Å²) in [5.74, 6) is 2.21. The number of amides is 1. The Balaban J connectivity index is 1.16. The number of nitrogens with zero attached hydrogens (tertiary/aromatic N) is 6. The average molecular weight is 583 g/mol. The van der Waals surface area contributed by atoms with Gasteiger partial charge in [0.2, 0.25) is 22.7 Å². The van der Waals surface area contributed by atoms with Crippen molar-refractivity contribution in [2.75, 3.05) is 38.7 Å². The number of carbonyl (C=O) groups excluding carboxylic acids is 1. The molecular weight excluding hydrogens is 556 g/mol. The maximum absolute atomic E-state index is 13.1. The van der Waals surface area contributed by atoms with Crippen molar-refractivity contribution in [3.63, 3.8) is 0 Å². The van der Waals surface area contributed by atoms with E-state index in [2.05, 4.69) is 15.4 Å². The van der Waals surface area contributed by atoms with E-state index in [0.29, 0.717) is 28.2 Å². The van der Waals surface area contributed by atoms with E-state index in [-0.39, 0.29) is 55.3 Å². The fourth-order valence-electron chi connectivity index (χ4n) is 4.76. The van der Waals surface area contributed by atoms with Gasteiger partial charge in [0.05, 0.1) is 5.75 Å². The quantitative estimate of drug-likeness (QED) is 0.300. The van der Waals surface area contributed by atoms with Crippen molar-refractivity contribution in [1.82, 2.24) is 29.1 Å². The minimum Gasteiger partial charge on any atom is -0.454 e. The van der Waals surface area contributed by atoms with Gasteiger partial charge in [-0.15, -0.1) is 10.2 Å². The molecule has 0 spiro atoms. The van der Waals surface area contributed by atoms with Gasteiger partial charge in [-0.1, -0.05) is 35.1 Å². The first-order valence-corrected chi connectivity index (χ1v) is 15.0. The first-order valence-electron chi connectivity index (χ1n) is 12.6. The number of fused-ring (bicyclic) bond motifs is 1. The summed E-state index contributed by atoms with van der Waals surface area (Å²) in [5, 5.41) is 13.2. The lowest BCUT2D eigenvalue weighted by atomic mass is 10.2. The zero-order valence-electron chi connectivity index (χ0n) is 21.8. The molecule has 208 valence electrons. The highest BCUT2D eigenvalue weighted by molar-refractivity contribution is 7.99. The molecule has 0 bridgehead atoms. The van der Waals surface area contributed by atoms with Crippen LogP contribution in [0.3, 0.4) is 0 Å². The molecule has 4 aromatic rings. The summed E-state index contributed by atoms with van der Waals surface area (Å²) in [4.78, 5) is 14.9. The topological polar surface area (TPSA) is 133 Å². The van der Waals surface area contributed by atoms with Crippen LogP contribution in [0.4, 0.5) is 0 Å². The normalized spacial score (nSPS) is 15.5. The molecule has 2 aliphatic heterocycles. The zero-order valence-corrected chi connectivity index (χ0v) is 23.4. The molecule has 2 aromatic carbocycles. The molecule has 0 aliphatic carbocycles. The van der Waals surface area contributed by atoms with E-state index in [1.807, 2.05) is 53.1 Å². The van der Waals surface area contributed by atoms with Crippen molar-refractivity contribution < 1.29 is 27.2 Å². The maximum Gasteiger partial charge on any atom is 0.248 e. The summed E-state index contributed by atoms with van der Waals surface area (Å²) in [6.07, 6.45) is 0. The molecule has 0 unspecified atom stereocenters. The standard InChI is InChI=1S/C26H26N6O6S2/c1-17-24(18(2)38-29-17)40(34,35)31-12-10-30(11-13-31)23(33)15-39-26-28-27-25(32(26)20-6-4-3-5-7-20)19-8-9-21-22(14-19)37-16-36-21/h3-9,14H,10-13,15-16H2,1-2H3. The summed E-state index contributed by atoms with van der Waals surface area (Å²) >= 11 is 1.28. The van der Waals surface area contributed by atoms with Crippen LogP contribution in [-0.4, -0.2) is 82.2 Å². The molecule has 1 saturated heterocycles. The first kappa shape index (κ1) is 26.3. The molecule has 14 heteroatoms. The third-order valence-corrected chi connectivity index (χ3v) is 9.82. The molecule has 0 radical (unpaired) electrons. The van der Waals surface area contributed by atoms with Gasteiger partial charge in [-0.05, 0) is 44.2 Å². The number of para-hydroxylation sites is 1. The number of ether oxygens (including phenoxy) is 2. The molecule has 2 aromatic heterocycles. The van der Waals surface area contributed by atoms with Crippen LogP contribution in [0, 0.1) is 13.8 Å². The molecule has 4 heterocycles. The Bertz CT molecular complexity index is 1640. The van der Waals surface area contributed by atoms with Gasteiger partial charge < -0.3 is 18.9 Å². The van der Waals surface area contributed by atoms with Gasteiger partial charge in [0.15, 0.2) is 28.2 Å². The maximum atomic E-state index is 13.1. The number of benzene rings is 2. The van der Waals surface area contributed by atoms with Crippen molar-refractivity contribution in [2.24, 2.45) is 0 Å². The molecule has 0 atom stereocenters. The van der Waals surface area contributed by atoms with E-state index >= 15 is 0 Å². The minimum absolute atomic E-state index is 0.0985. The minimum atomic E-state index is -3.75. The van der Waals surface area contributed by atoms with Crippen molar-refractivity contribution in [3.05, 3.63) is 60.0 Å². The van der Waals surface area contributed by atoms with Crippen LogP contribution in [0.15, 0.2) is 63.1 Å². The van der Waals surface area contributed by atoms with E-state index in [4.69, 9.17) is 14.0 Å². The Hall–Kier alpha value is -3.88. The molecule has 1 fully saturated rings. The Morgan fingerprint density at radius 2 is 1.73 bits per heavy atom. The number of carbonyl (C=O) groups is 1. The monoisotopic (exact) mass is 582 g/mol. The van der Waals surface area contributed by atoms with Gasteiger partial charge in [0, 0.05) is 37.4 Å². The lowest BCUT2D eigenvalue weighted by Crippen LogP contribution is -2.51. The summed E-state index contributed by atoms with van der Waals surface area (Å²) in [5.41, 5.74) is 1.98. The van der Waals surface area contributed by atoms with E-state index < -0.39 is 10.0 Å². The SMILES string of the molecule is Cc1noc(C)c1S(=O)(=O)N1CCN(C(=O)CSc2nnc(-c3ccc4c(c3)OCO4)n2-c2ccccc2)CC1. The van der Waals surface area contributed by atoms with Crippen molar-refractivity contribution in [2.45, 2.75) is 23.9 Å². The molecule has 6 rings (SSSR count). The summed E-state index contributed by atoms with van der Waals surface area (Å²) < 4.78 is 45.5. The highest BCUT2D eigenvalue weighted by atomic mass is 32.2. The number of hydrogen-bond acceptors (Lipinski definition) is 10. The highest BCUT2D eigenvalue weighted by Crippen LogP contribution is 2.37. The zero-order chi connectivity index (χ0) is 27.9. The van der Waals surface area contributed by atoms with Gasteiger partial charge in [0.1, 0.15) is 10.6 Å². The molecule has 40 heavy (non-hydrogen) atoms.